The van der Waals surface area contributed by atoms with E-state index in [2.05, 4.69) is 15.1 Å². The number of hydrogen-bond acceptors (Lipinski definition) is 7. The second-order valence-electron chi connectivity index (χ2n) is 7.17. The number of fused-ring (bicyclic) bond motifs is 3. The van der Waals surface area contributed by atoms with Crippen LogP contribution in [-0.4, -0.2) is 44.1 Å². The predicted molar refractivity (Wildman–Crippen MR) is 115 cm³/mol. The lowest BCUT2D eigenvalue weighted by Gasteiger charge is -2.14. The van der Waals surface area contributed by atoms with E-state index in [-0.39, 0.29) is 17.7 Å². The highest BCUT2D eigenvalue weighted by molar-refractivity contribution is 6.38. The molecule has 4 aromatic rings. The summed E-state index contributed by atoms with van der Waals surface area (Å²) in [5.74, 6) is -1.42. The normalized spacial score (nSPS) is 13.0. The van der Waals surface area contributed by atoms with E-state index in [1.54, 1.807) is 49.2 Å². The number of imide groups is 1. The maximum Gasteiger partial charge on any atom is 0.338 e. The number of ether oxygens (including phenoxy) is 1. The van der Waals surface area contributed by atoms with Gasteiger partial charge in [-0.05, 0) is 43.3 Å². The van der Waals surface area contributed by atoms with E-state index in [4.69, 9.17) is 4.74 Å². The number of pyridine rings is 2. The number of amides is 2. The van der Waals surface area contributed by atoms with Crippen molar-refractivity contribution in [3.8, 4) is 11.3 Å². The first-order valence-corrected chi connectivity index (χ1v) is 9.93. The van der Waals surface area contributed by atoms with Gasteiger partial charge in [0.1, 0.15) is 5.69 Å². The minimum atomic E-state index is -0.482. The Hall–Kier alpha value is -4.40. The van der Waals surface area contributed by atoms with Crippen molar-refractivity contribution in [3.63, 3.8) is 0 Å². The SMILES string of the molecule is CCOC(=O)c1ccc(N2C(=O)c3cnc4c(c(-c5cccnc5)nn4C)c3C2=O)cc1. The van der Waals surface area contributed by atoms with Gasteiger partial charge in [-0.2, -0.15) is 5.10 Å². The monoisotopic (exact) mass is 427 g/mol. The molecule has 0 fully saturated rings. The fourth-order valence-electron chi connectivity index (χ4n) is 3.83. The largest absolute Gasteiger partial charge is 0.462 e. The van der Waals surface area contributed by atoms with Crippen LogP contribution in [0, 0.1) is 0 Å². The van der Waals surface area contributed by atoms with Crippen LogP contribution in [0.1, 0.15) is 38.0 Å². The van der Waals surface area contributed by atoms with Gasteiger partial charge in [-0.3, -0.25) is 14.6 Å². The Morgan fingerprint density at radius 2 is 1.84 bits per heavy atom. The number of anilines is 1. The summed E-state index contributed by atoms with van der Waals surface area (Å²) in [6.45, 7) is 1.98. The standard InChI is InChI=1S/C23H17N5O4/c1-3-32-23(31)13-6-8-15(9-7-13)28-21(29)16-12-25-20-18(17(16)22(28)30)19(26-27(20)2)14-5-4-10-24-11-14/h4-12H,3H2,1-2H3. The lowest BCUT2D eigenvalue weighted by Crippen LogP contribution is -2.29. The predicted octanol–water partition coefficient (Wildman–Crippen LogP) is 3.01. The number of rotatable bonds is 4. The Kier molecular flexibility index (Phi) is 4.51. The van der Waals surface area contributed by atoms with E-state index in [1.165, 1.54) is 18.3 Å². The fourth-order valence-corrected chi connectivity index (χ4v) is 3.83. The fraction of sp³-hybridized carbons (Fsp3) is 0.130. The number of aryl methyl sites for hydroxylation is 1. The van der Waals surface area contributed by atoms with Gasteiger partial charge in [0.25, 0.3) is 11.8 Å². The first-order valence-electron chi connectivity index (χ1n) is 9.93. The summed E-state index contributed by atoms with van der Waals surface area (Å²) in [6.07, 6.45) is 4.70. The molecule has 0 saturated carbocycles. The lowest BCUT2D eigenvalue weighted by molar-refractivity contribution is 0.0526. The zero-order chi connectivity index (χ0) is 22.4. The van der Waals surface area contributed by atoms with E-state index in [9.17, 15) is 14.4 Å². The zero-order valence-electron chi connectivity index (χ0n) is 17.3. The molecule has 0 N–H and O–H groups in total. The van der Waals surface area contributed by atoms with Crippen LogP contribution in [0.3, 0.4) is 0 Å². The number of carbonyl (C=O) groups is 3. The van der Waals surface area contributed by atoms with Crippen LogP contribution in [-0.2, 0) is 11.8 Å². The van der Waals surface area contributed by atoms with Crippen LogP contribution < -0.4 is 4.90 Å². The van der Waals surface area contributed by atoms with E-state index >= 15 is 0 Å². The molecule has 2 amide bonds. The first kappa shape index (κ1) is 19.6. The second kappa shape index (κ2) is 7.38. The quantitative estimate of drug-likeness (QED) is 0.364. The Labute approximate surface area is 182 Å². The number of aromatic nitrogens is 4. The maximum absolute atomic E-state index is 13.5. The van der Waals surface area contributed by atoms with Gasteiger partial charge in [0.2, 0.25) is 0 Å². The van der Waals surface area contributed by atoms with Crippen molar-refractivity contribution in [1.82, 2.24) is 19.7 Å². The molecular formula is C23H17N5O4. The average Bonchev–Trinajstić information content (AvgIpc) is 3.28. The Morgan fingerprint density at radius 1 is 1.06 bits per heavy atom. The molecule has 3 aromatic heterocycles. The third-order valence-corrected chi connectivity index (χ3v) is 5.27. The number of hydrogen-bond donors (Lipinski definition) is 0. The molecule has 0 bridgehead atoms. The third kappa shape index (κ3) is 2.86. The smallest absolute Gasteiger partial charge is 0.338 e. The molecule has 1 aliphatic heterocycles. The number of carbonyl (C=O) groups excluding carboxylic acids is 3. The number of benzene rings is 1. The summed E-state index contributed by atoms with van der Waals surface area (Å²) in [4.78, 5) is 48.1. The molecule has 158 valence electrons. The first-order chi connectivity index (χ1) is 15.5. The van der Waals surface area contributed by atoms with Gasteiger partial charge in [0.05, 0.1) is 34.4 Å². The summed E-state index contributed by atoms with van der Waals surface area (Å²) in [5.41, 5.74) is 2.87. The van der Waals surface area contributed by atoms with E-state index in [0.29, 0.717) is 33.5 Å². The highest BCUT2D eigenvalue weighted by Crippen LogP contribution is 2.36. The number of esters is 1. The van der Waals surface area contributed by atoms with Crippen LogP contribution in [0.2, 0.25) is 0 Å². The van der Waals surface area contributed by atoms with Gasteiger partial charge in [0, 0.05) is 31.2 Å². The van der Waals surface area contributed by atoms with Crippen molar-refractivity contribution in [3.05, 3.63) is 71.7 Å². The highest BCUT2D eigenvalue weighted by atomic mass is 16.5. The number of nitrogens with zero attached hydrogens (tertiary/aromatic N) is 5. The molecule has 0 unspecified atom stereocenters. The Morgan fingerprint density at radius 3 is 2.53 bits per heavy atom. The van der Waals surface area contributed by atoms with Crippen molar-refractivity contribution >= 4 is 34.5 Å². The molecule has 0 spiro atoms. The highest BCUT2D eigenvalue weighted by Gasteiger charge is 2.40. The van der Waals surface area contributed by atoms with E-state index < -0.39 is 17.8 Å². The van der Waals surface area contributed by atoms with Crippen molar-refractivity contribution in [2.75, 3.05) is 11.5 Å². The molecule has 0 radical (unpaired) electrons. The van der Waals surface area contributed by atoms with Crippen LogP contribution in [0.4, 0.5) is 5.69 Å². The summed E-state index contributed by atoms with van der Waals surface area (Å²) < 4.78 is 6.56. The summed E-state index contributed by atoms with van der Waals surface area (Å²) in [5, 5.41) is 5.03. The van der Waals surface area contributed by atoms with Crippen LogP contribution >= 0.6 is 0 Å². The minimum Gasteiger partial charge on any atom is -0.462 e. The molecule has 9 heteroatoms. The Bertz CT molecular complexity index is 1390. The van der Waals surface area contributed by atoms with Gasteiger partial charge in [-0.15, -0.1) is 0 Å². The molecule has 4 heterocycles. The summed E-state index contributed by atoms with van der Waals surface area (Å²) in [6, 6.07) is 9.75. The van der Waals surface area contributed by atoms with Gasteiger partial charge in [-0.1, -0.05) is 0 Å². The van der Waals surface area contributed by atoms with E-state index in [0.717, 1.165) is 4.90 Å². The minimum absolute atomic E-state index is 0.204. The molecule has 32 heavy (non-hydrogen) atoms. The summed E-state index contributed by atoms with van der Waals surface area (Å²) in [7, 11) is 1.73. The molecule has 1 aromatic carbocycles. The van der Waals surface area contributed by atoms with Gasteiger partial charge < -0.3 is 4.74 Å². The third-order valence-electron chi connectivity index (χ3n) is 5.27. The molecule has 0 atom stereocenters. The van der Waals surface area contributed by atoms with Crippen LogP contribution in [0.25, 0.3) is 22.3 Å². The molecular weight excluding hydrogens is 410 g/mol. The molecule has 5 rings (SSSR count). The van der Waals surface area contributed by atoms with Crippen molar-refractivity contribution in [2.24, 2.45) is 7.05 Å². The average molecular weight is 427 g/mol. The van der Waals surface area contributed by atoms with Gasteiger partial charge in [0.15, 0.2) is 5.65 Å². The topological polar surface area (TPSA) is 107 Å². The van der Waals surface area contributed by atoms with Crippen LogP contribution in [0.15, 0.2) is 55.0 Å². The second-order valence-corrected chi connectivity index (χ2v) is 7.17. The van der Waals surface area contributed by atoms with Crippen molar-refractivity contribution in [1.29, 1.82) is 0 Å². The van der Waals surface area contributed by atoms with Gasteiger partial charge in [-0.25, -0.2) is 19.4 Å². The van der Waals surface area contributed by atoms with Crippen molar-refractivity contribution in [2.45, 2.75) is 6.92 Å². The van der Waals surface area contributed by atoms with E-state index in [1.807, 2.05) is 6.07 Å². The maximum atomic E-state index is 13.5. The van der Waals surface area contributed by atoms with Gasteiger partial charge >= 0.3 is 5.97 Å². The molecule has 1 aliphatic rings. The molecule has 9 nitrogen and oxygen atoms in total. The Balaban J connectivity index is 1.63. The zero-order valence-corrected chi connectivity index (χ0v) is 17.3. The lowest BCUT2D eigenvalue weighted by atomic mass is 10.0. The summed E-state index contributed by atoms with van der Waals surface area (Å²) >= 11 is 0. The molecule has 0 aliphatic carbocycles. The van der Waals surface area contributed by atoms with Crippen molar-refractivity contribution < 1.29 is 19.1 Å². The molecule has 0 saturated heterocycles. The van der Waals surface area contributed by atoms with Crippen LogP contribution in [0.5, 0.6) is 0 Å².